The van der Waals surface area contributed by atoms with E-state index in [0.29, 0.717) is 18.9 Å². The predicted octanol–water partition coefficient (Wildman–Crippen LogP) is 2.26. The first-order valence-corrected chi connectivity index (χ1v) is 12.9. The maximum Gasteiger partial charge on any atom is 0.285 e. The van der Waals surface area contributed by atoms with Gasteiger partial charge in [0.2, 0.25) is 5.78 Å². The molecule has 5 N–H and O–H groups in total. The fourth-order valence-corrected chi connectivity index (χ4v) is 6.34. The van der Waals surface area contributed by atoms with Crippen molar-refractivity contribution < 1.29 is 24.9 Å². The lowest BCUT2D eigenvalue weighted by Crippen LogP contribution is -2.74. The Balaban J connectivity index is 1.87. The summed E-state index contributed by atoms with van der Waals surface area (Å²) in [6, 6.07) is -0.955. The van der Waals surface area contributed by atoms with Crippen molar-refractivity contribution in [3.63, 3.8) is 0 Å². The number of hydrogen-bond acceptors (Lipinski definition) is 4. The minimum atomic E-state index is -0.970. The fraction of sp³-hybridized carbons (Fsp3) is 0.846. The summed E-state index contributed by atoms with van der Waals surface area (Å²) >= 11 is 0. The van der Waals surface area contributed by atoms with Gasteiger partial charge >= 0.3 is 0 Å². The van der Waals surface area contributed by atoms with Crippen LogP contribution in [0.3, 0.4) is 0 Å². The van der Waals surface area contributed by atoms with E-state index in [0.717, 1.165) is 51.4 Å². The number of Topliss-reactive ketones (excluding diaryl/α,β-unsaturated/α-hetero) is 2. The van der Waals surface area contributed by atoms with Crippen LogP contribution in [0.15, 0.2) is 0 Å². The molecule has 1 unspecified atom stereocenters. The molecule has 0 aromatic carbocycles. The number of nitrogens with zero attached hydrogens (tertiary/aromatic N) is 1. The molecule has 2 saturated heterocycles. The van der Waals surface area contributed by atoms with E-state index in [-0.39, 0.29) is 34.9 Å². The lowest BCUT2D eigenvalue weighted by Gasteiger charge is -2.35. The third-order valence-electron chi connectivity index (χ3n) is 9.00. The van der Waals surface area contributed by atoms with Gasteiger partial charge in [-0.15, -0.1) is 0 Å². The highest BCUT2D eigenvalue weighted by molar-refractivity contribution is 6.36. The molecule has 3 aliphatic rings. The Morgan fingerprint density at radius 2 is 1.55 bits per heavy atom. The SMILES string of the molecule is CC1(C)CCCCCCCCC[C@@H](C(=O)C(N)=O)CC(=O)[C@@H]2[C@@H]3C(CN2C(=O)[C@H]1[NH3+])C3(C)C. The average molecular weight is 463 g/mol. The summed E-state index contributed by atoms with van der Waals surface area (Å²) in [5, 5.41) is 0. The quantitative estimate of drug-likeness (QED) is 0.611. The molecule has 0 spiro atoms. The van der Waals surface area contributed by atoms with Crippen LogP contribution in [0.5, 0.6) is 0 Å². The number of nitrogens with two attached hydrogens (primary N) is 1. The first-order valence-electron chi connectivity index (χ1n) is 12.9. The largest absolute Gasteiger partial charge is 0.363 e. The molecule has 2 amide bonds. The van der Waals surface area contributed by atoms with Gasteiger partial charge in [-0.25, -0.2) is 0 Å². The molecule has 2 aliphatic heterocycles. The van der Waals surface area contributed by atoms with E-state index >= 15 is 0 Å². The number of primary amides is 1. The normalized spacial score (nSPS) is 35.3. The van der Waals surface area contributed by atoms with Gasteiger partial charge in [0.15, 0.2) is 11.8 Å². The van der Waals surface area contributed by atoms with Gasteiger partial charge in [-0.2, -0.15) is 0 Å². The van der Waals surface area contributed by atoms with E-state index in [1.165, 1.54) is 0 Å². The number of rotatable bonds is 2. The number of carbonyl (C=O) groups excluding carboxylic acids is 4. The number of amides is 2. The van der Waals surface area contributed by atoms with Crippen molar-refractivity contribution in [3.05, 3.63) is 0 Å². The summed E-state index contributed by atoms with van der Waals surface area (Å²) in [5.74, 6) is -2.06. The minimum absolute atomic E-state index is 0.00519. The van der Waals surface area contributed by atoms with E-state index in [9.17, 15) is 19.2 Å². The van der Waals surface area contributed by atoms with Gasteiger partial charge in [0.25, 0.3) is 11.8 Å². The van der Waals surface area contributed by atoms with Gasteiger partial charge in [0.05, 0.1) is 6.04 Å². The van der Waals surface area contributed by atoms with Gasteiger partial charge in [-0.3, -0.25) is 19.2 Å². The maximum absolute atomic E-state index is 13.6. The molecule has 0 radical (unpaired) electrons. The highest BCUT2D eigenvalue weighted by Gasteiger charge is 2.69. The molecule has 3 fully saturated rings. The van der Waals surface area contributed by atoms with Gasteiger partial charge in [0.1, 0.15) is 0 Å². The summed E-state index contributed by atoms with van der Waals surface area (Å²) < 4.78 is 0. The lowest BCUT2D eigenvalue weighted by molar-refractivity contribution is -0.430. The van der Waals surface area contributed by atoms with Crippen molar-refractivity contribution >= 4 is 23.4 Å². The van der Waals surface area contributed by atoms with E-state index in [1.54, 1.807) is 4.90 Å². The molecule has 7 heteroatoms. The Bertz CT molecular complexity index is 790. The molecule has 5 atom stereocenters. The van der Waals surface area contributed by atoms with Gasteiger partial charge in [-0.05, 0) is 30.1 Å². The first-order chi connectivity index (χ1) is 15.4. The Hall–Kier alpha value is -1.76. The van der Waals surface area contributed by atoms with Crippen LogP contribution in [-0.2, 0) is 19.2 Å². The molecule has 2 heterocycles. The van der Waals surface area contributed by atoms with Crippen molar-refractivity contribution in [2.24, 2.45) is 34.3 Å². The van der Waals surface area contributed by atoms with Crippen LogP contribution in [0.25, 0.3) is 0 Å². The van der Waals surface area contributed by atoms with Crippen LogP contribution in [0.1, 0.15) is 91.9 Å². The standard InChI is InChI=1S/C26H43N3O4/c1-25(2)13-11-9-7-5-6-8-10-12-16(21(31)23(28)32)14-18(30)20-19-17(26(19,3)4)15-29(20)24(33)22(25)27/h16-17,19-20,22H,5-15,27H2,1-4H3,(H2,28,32)/p+1/t16-,17?,19+,20-,22-/m1/s1. The number of carbonyl (C=O) groups is 4. The van der Waals surface area contributed by atoms with Crippen molar-refractivity contribution in [2.45, 2.75) is 104 Å². The number of ketones is 2. The van der Waals surface area contributed by atoms with Crippen molar-refractivity contribution in [1.82, 2.24) is 4.90 Å². The van der Waals surface area contributed by atoms with E-state index in [4.69, 9.17) is 5.73 Å². The van der Waals surface area contributed by atoms with Crippen LogP contribution >= 0.6 is 0 Å². The second kappa shape index (κ2) is 9.85. The fourth-order valence-electron chi connectivity index (χ4n) is 6.34. The Kier molecular flexibility index (Phi) is 7.72. The van der Waals surface area contributed by atoms with Gasteiger partial charge in [0, 0.05) is 24.3 Å². The topological polar surface area (TPSA) is 125 Å². The molecule has 1 aliphatic carbocycles. The summed E-state index contributed by atoms with van der Waals surface area (Å²) in [6.07, 6.45) is 8.78. The van der Waals surface area contributed by atoms with Crippen LogP contribution < -0.4 is 11.5 Å². The average Bonchev–Trinajstić information content (AvgIpc) is 3.09. The third-order valence-corrected chi connectivity index (χ3v) is 9.00. The Morgan fingerprint density at radius 1 is 0.970 bits per heavy atom. The van der Waals surface area contributed by atoms with E-state index in [2.05, 4.69) is 33.4 Å². The summed E-state index contributed by atoms with van der Waals surface area (Å²) in [5.41, 5.74) is 9.33. The van der Waals surface area contributed by atoms with Gasteiger partial charge in [-0.1, -0.05) is 72.6 Å². The van der Waals surface area contributed by atoms with E-state index < -0.39 is 29.7 Å². The smallest absolute Gasteiger partial charge is 0.285 e. The second-order valence-corrected chi connectivity index (χ2v) is 12.0. The molecule has 186 valence electrons. The minimum Gasteiger partial charge on any atom is -0.363 e. The zero-order chi connectivity index (χ0) is 24.6. The molecule has 1 saturated carbocycles. The molecule has 0 aromatic rings. The van der Waals surface area contributed by atoms with Crippen molar-refractivity contribution in [1.29, 1.82) is 0 Å². The predicted molar refractivity (Wildman–Crippen MR) is 126 cm³/mol. The van der Waals surface area contributed by atoms with Crippen LogP contribution in [0, 0.1) is 28.6 Å². The molecule has 7 nitrogen and oxygen atoms in total. The molecular formula is C26H44N3O4+. The molecule has 0 bridgehead atoms. The Labute approximate surface area is 198 Å². The zero-order valence-electron chi connectivity index (χ0n) is 21.0. The van der Waals surface area contributed by atoms with Crippen molar-refractivity contribution in [3.8, 4) is 0 Å². The van der Waals surface area contributed by atoms with Crippen LogP contribution in [0.2, 0.25) is 0 Å². The monoisotopic (exact) mass is 462 g/mol. The number of piperidine rings is 1. The molecule has 3 rings (SSSR count). The maximum atomic E-state index is 13.6. The third kappa shape index (κ3) is 5.33. The highest BCUT2D eigenvalue weighted by Crippen LogP contribution is 2.65. The molecular weight excluding hydrogens is 418 g/mol. The van der Waals surface area contributed by atoms with Gasteiger partial charge < -0.3 is 16.4 Å². The van der Waals surface area contributed by atoms with Crippen molar-refractivity contribution in [2.75, 3.05) is 6.54 Å². The summed E-state index contributed by atoms with van der Waals surface area (Å²) in [7, 11) is 0. The first kappa shape index (κ1) is 25.9. The molecule has 33 heavy (non-hydrogen) atoms. The Morgan fingerprint density at radius 3 is 2.15 bits per heavy atom. The lowest BCUT2D eigenvalue weighted by atomic mass is 9.79. The number of fused-ring (bicyclic) bond motifs is 3. The van der Waals surface area contributed by atoms with Crippen LogP contribution in [-0.4, -0.2) is 46.9 Å². The highest BCUT2D eigenvalue weighted by atomic mass is 16.2. The second-order valence-electron chi connectivity index (χ2n) is 12.0. The molecule has 0 aromatic heterocycles. The van der Waals surface area contributed by atoms with E-state index in [1.807, 2.05) is 0 Å². The summed E-state index contributed by atoms with van der Waals surface area (Å²) in [4.78, 5) is 53.1. The zero-order valence-corrected chi connectivity index (χ0v) is 21.0. The number of quaternary nitrogens is 1. The number of hydrogen-bond donors (Lipinski definition) is 2. The van der Waals surface area contributed by atoms with Crippen LogP contribution in [0.4, 0.5) is 0 Å². The summed E-state index contributed by atoms with van der Waals surface area (Å²) in [6.45, 7) is 9.09.